The summed E-state index contributed by atoms with van der Waals surface area (Å²) in [4.78, 5) is 0. The van der Waals surface area contributed by atoms with Crippen molar-refractivity contribution in [2.24, 2.45) is 0 Å². The molecule has 32 heavy (non-hydrogen) atoms. The lowest BCUT2D eigenvalue weighted by atomic mass is 9.94. The molecule has 0 aromatic heterocycles. The predicted molar refractivity (Wildman–Crippen MR) is 131 cm³/mol. The summed E-state index contributed by atoms with van der Waals surface area (Å²) in [5, 5.41) is 0. The van der Waals surface area contributed by atoms with Gasteiger partial charge in [0.2, 0.25) is 0 Å². The quantitative estimate of drug-likeness (QED) is 0.441. The van der Waals surface area contributed by atoms with E-state index in [2.05, 4.69) is 0 Å². The minimum Gasteiger partial charge on any atom is -0.228 e. The van der Waals surface area contributed by atoms with Crippen LogP contribution in [0.5, 0.6) is 0 Å². The van der Waals surface area contributed by atoms with Gasteiger partial charge in [-0.05, 0) is 46.2 Å². The van der Waals surface area contributed by atoms with Crippen LogP contribution in [0.25, 0.3) is 22.3 Å². The number of fused-ring (bicyclic) bond motifs is 2. The second kappa shape index (κ2) is 9.59. The van der Waals surface area contributed by atoms with Gasteiger partial charge >= 0.3 is 0 Å². The minimum absolute atomic E-state index is 0.0325. The third kappa shape index (κ3) is 5.87. The van der Waals surface area contributed by atoms with Crippen molar-refractivity contribution in [1.82, 2.24) is 0 Å². The third-order valence-corrected chi connectivity index (χ3v) is 9.26. The molecule has 3 aromatic rings. The number of hydrogen-bond acceptors (Lipinski definition) is 4. The van der Waals surface area contributed by atoms with Crippen LogP contribution < -0.4 is 0 Å². The summed E-state index contributed by atoms with van der Waals surface area (Å²) in [6.45, 7) is 0. The molecule has 168 valence electrons. The summed E-state index contributed by atoms with van der Waals surface area (Å²) in [6, 6.07) is 23.6. The fraction of sp³-hybridized carbons (Fsp3) is 0.308. The maximum atomic E-state index is 12.5. The molecule has 0 spiro atoms. The molecular weight excluding hydrogens is 440 g/mol. The van der Waals surface area contributed by atoms with E-state index in [1.165, 1.54) is 0 Å². The monoisotopic (exact) mass is 468 g/mol. The molecule has 6 rings (SSSR count). The van der Waals surface area contributed by atoms with Crippen molar-refractivity contribution in [3.63, 3.8) is 0 Å². The number of hydrogen-bond donors (Lipinski definition) is 0. The Hall–Kier alpha value is -2.44. The van der Waals surface area contributed by atoms with Crippen LogP contribution in [0.15, 0.2) is 72.8 Å². The zero-order chi connectivity index (χ0) is 22.6. The Balaban J connectivity index is 1.72. The molecule has 4 nitrogen and oxygen atoms in total. The van der Waals surface area contributed by atoms with Crippen molar-refractivity contribution in [1.29, 1.82) is 0 Å². The van der Waals surface area contributed by atoms with Gasteiger partial charge < -0.3 is 0 Å². The van der Waals surface area contributed by atoms with Gasteiger partial charge in [0.25, 0.3) is 0 Å². The van der Waals surface area contributed by atoms with Gasteiger partial charge in [-0.1, -0.05) is 85.6 Å². The maximum absolute atomic E-state index is 12.5. The first kappa shape index (κ1) is 22.7. The van der Waals surface area contributed by atoms with Crippen molar-refractivity contribution in [2.45, 2.75) is 37.2 Å². The zero-order valence-electron chi connectivity index (χ0n) is 18.0. The van der Waals surface area contributed by atoms with Crippen molar-refractivity contribution >= 4 is 19.7 Å². The van der Waals surface area contributed by atoms with Crippen LogP contribution in [0, 0.1) is 0 Å². The number of sulfone groups is 2. The Kier molecular flexibility index (Phi) is 6.82. The average molecular weight is 469 g/mol. The minimum atomic E-state index is -3.19. The van der Waals surface area contributed by atoms with Crippen molar-refractivity contribution in [3.05, 3.63) is 83.9 Å². The topological polar surface area (TPSA) is 68.3 Å². The van der Waals surface area contributed by atoms with Crippen LogP contribution in [0.2, 0.25) is 0 Å². The van der Waals surface area contributed by atoms with E-state index in [1.807, 2.05) is 72.8 Å². The van der Waals surface area contributed by atoms with Gasteiger partial charge in [0, 0.05) is 0 Å². The lowest BCUT2D eigenvalue weighted by Gasteiger charge is -2.12. The van der Waals surface area contributed by atoms with Crippen LogP contribution in [0.4, 0.5) is 0 Å². The van der Waals surface area contributed by atoms with Crippen molar-refractivity contribution in [2.75, 3.05) is 11.5 Å². The molecular formula is C26H28O4S2. The van der Waals surface area contributed by atoms with E-state index >= 15 is 0 Å². The first-order valence-corrected chi connectivity index (χ1v) is 14.6. The molecule has 6 heteroatoms. The Bertz CT molecular complexity index is 1170. The molecule has 3 heterocycles. The summed E-state index contributed by atoms with van der Waals surface area (Å²) in [5.41, 5.74) is 5.71. The fourth-order valence-corrected chi connectivity index (χ4v) is 7.17. The first-order chi connectivity index (χ1) is 15.3. The van der Waals surface area contributed by atoms with Gasteiger partial charge in [0.15, 0.2) is 19.7 Å². The van der Waals surface area contributed by atoms with Gasteiger partial charge in [-0.2, -0.15) is 0 Å². The molecule has 0 radical (unpaired) electrons. The molecule has 0 aliphatic carbocycles. The first-order valence-electron chi connectivity index (χ1n) is 11.0. The normalized spacial score (nSPS) is 18.6. The van der Waals surface area contributed by atoms with Crippen LogP contribution in [0.3, 0.4) is 0 Å². The van der Waals surface area contributed by atoms with Gasteiger partial charge in [-0.15, -0.1) is 0 Å². The Labute approximate surface area is 191 Å². The van der Waals surface area contributed by atoms with Gasteiger partial charge in [0.1, 0.15) is 0 Å². The maximum Gasteiger partial charge on any atom is 0.154 e. The molecule has 0 atom stereocenters. The predicted octanol–water partition coefficient (Wildman–Crippen LogP) is 5.42. The number of rotatable bonds is 0. The van der Waals surface area contributed by atoms with E-state index in [1.54, 1.807) is 0 Å². The van der Waals surface area contributed by atoms with E-state index in [9.17, 15) is 16.8 Å². The summed E-state index contributed by atoms with van der Waals surface area (Å²) in [6.07, 6.45) is 2.57. The van der Waals surface area contributed by atoms with Crippen LogP contribution in [-0.2, 0) is 31.2 Å². The Morgan fingerprint density at radius 3 is 1.22 bits per heavy atom. The highest BCUT2D eigenvalue weighted by molar-refractivity contribution is 7.90. The molecule has 0 fully saturated rings. The van der Waals surface area contributed by atoms with Gasteiger partial charge in [-0.25, -0.2) is 16.8 Å². The van der Waals surface area contributed by atoms with Crippen molar-refractivity contribution < 1.29 is 16.8 Å². The summed E-state index contributed by atoms with van der Waals surface area (Å²) in [7, 11) is -6.38. The van der Waals surface area contributed by atoms with E-state index < -0.39 is 19.7 Å². The van der Waals surface area contributed by atoms with E-state index in [-0.39, 0.29) is 23.0 Å². The summed E-state index contributed by atoms with van der Waals surface area (Å²) >= 11 is 0. The van der Waals surface area contributed by atoms with Crippen LogP contribution in [0.1, 0.15) is 36.8 Å². The van der Waals surface area contributed by atoms with Gasteiger partial charge in [-0.3, -0.25) is 0 Å². The lowest BCUT2D eigenvalue weighted by molar-refractivity contribution is 0.581. The second-order valence-electron chi connectivity index (χ2n) is 8.54. The molecule has 0 unspecified atom stereocenters. The molecule has 3 aliphatic rings. The molecule has 0 saturated heterocycles. The van der Waals surface area contributed by atoms with Gasteiger partial charge in [0.05, 0.1) is 23.0 Å². The highest BCUT2D eigenvalue weighted by Crippen LogP contribution is 2.32. The van der Waals surface area contributed by atoms with Crippen LogP contribution >= 0.6 is 0 Å². The van der Waals surface area contributed by atoms with E-state index in [0.717, 1.165) is 46.2 Å². The average Bonchev–Trinajstić information content (AvgIpc) is 2.76. The smallest absolute Gasteiger partial charge is 0.154 e. The second-order valence-corrected chi connectivity index (χ2v) is 12.9. The zero-order valence-corrected chi connectivity index (χ0v) is 19.7. The highest BCUT2D eigenvalue weighted by Gasteiger charge is 2.15. The molecule has 3 aromatic carbocycles. The van der Waals surface area contributed by atoms with Crippen molar-refractivity contribution in [3.8, 4) is 22.3 Å². The largest absolute Gasteiger partial charge is 0.228 e. The van der Waals surface area contributed by atoms with E-state index in [0.29, 0.717) is 12.8 Å². The summed E-state index contributed by atoms with van der Waals surface area (Å²) in [5.74, 6) is 0.335. The molecule has 0 N–H and O–H groups in total. The molecule has 3 aliphatic heterocycles. The third-order valence-electron chi connectivity index (χ3n) is 5.89. The lowest BCUT2D eigenvalue weighted by Crippen LogP contribution is -2.11. The summed E-state index contributed by atoms with van der Waals surface area (Å²) < 4.78 is 50.0. The molecule has 4 bridgehead atoms. The standard InChI is InChI=1S/C26H28O4S2/c27-31(28)17-5-1-2-6-18-32(29,30)20-22-11-15-24(16-12-22)26-8-4-3-7-25(26)23-13-9-21(19-31)10-14-23/h3-4,7-16H,1-2,5-6,17-20H2. The van der Waals surface area contributed by atoms with Crippen LogP contribution in [-0.4, -0.2) is 28.3 Å². The SMILES string of the molecule is O=S1(=O)CCCCCCS(=O)(=O)Cc2ccc(cc2)-c2ccccc2-c2ccc(cc2)C1. The number of benzene rings is 3. The fourth-order valence-electron chi connectivity index (χ4n) is 4.20. The van der Waals surface area contributed by atoms with E-state index in [4.69, 9.17) is 0 Å². The molecule has 0 amide bonds. The molecule has 0 saturated carbocycles. The Morgan fingerprint density at radius 1 is 0.469 bits per heavy atom. The Morgan fingerprint density at radius 2 is 0.844 bits per heavy atom. The highest BCUT2D eigenvalue weighted by atomic mass is 32.2.